The third-order valence-electron chi connectivity index (χ3n) is 4.22. The molecular weight excluding hydrogens is 398 g/mol. The number of rotatable bonds is 4. The molecule has 0 aliphatic carbocycles. The van der Waals surface area contributed by atoms with Crippen molar-refractivity contribution in [2.45, 2.75) is 25.7 Å². The molecule has 0 unspecified atom stereocenters. The zero-order valence-electron chi connectivity index (χ0n) is 15.9. The molecule has 10 heteroatoms. The van der Waals surface area contributed by atoms with Crippen molar-refractivity contribution in [2.24, 2.45) is 0 Å². The van der Waals surface area contributed by atoms with E-state index in [2.05, 4.69) is 0 Å². The van der Waals surface area contributed by atoms with Crippen molar-refractivity contribution in [3.05, 3.63) is 65.7 Å². The molecule has 3 rings (SSSR count). The van der Waals surface area contributed by atoms with Gasteiger partial charge in [0.15, 0.2) is 12.4 Å². The van der Waals surface area contributed by atoms with E-state index in [1.807, 2.05) is 0 Å². The molecule has 0 fully saturated rings. The molecule has 0 radical (unpaired) electrons. The van der Waals surface area contributed by atoms with Crippen LogP contribution in [0.1, 0.15) is 18.1 Å². The minimum absolute atomic E-state index is 0.0713. The maximum Gasteiger partial charge on any atom is 0.350 e. The van der Waals surface area contributed by atoms with Crippen molar-refractivity contribution in [1.82, 2.24) is 9.42 Å². The molecule has 9 nitrogen and oxygen atoms in total. The summed E-state index contributed by atoms with van der Waals surface area (Å²) in [6.45, 7) is 4.39. The van der Waals surface area contributed by atoms with E-state index in [0.29, 0.717) is 0 Å². The molecule has 29 heavy (non-hydrogen) atoms. The summed E-state index contributed by atoms with van der Waals surface area (Å²) in [6, 6.07) is 8.87. The lowest BCUT2D eigenvalue weighted by Crippen LogP contribution is -2.53. The standard InChI is InChI=1S/C19H17N3O6S/c1-12-6-8-15(9-7-12)29(27,28)22(14(3)23)21-18(25)16(17(24)19(21)26)20-10-4-5-13(2)11-20/h4-11H,1-3H3/p+1. The fraction of sp³-hybridized carbons (Fsp3) is 0.158. The number of hydrogen-bond acceptors (Lipinski definition) is 6. The van der Waals surface area contributed by atoms with Crippen LogP contribution in [0.15, 0.2) is 59.4 Å². The summed E-state index contributed by atoms with van der Waals surface area (Å²) in [4.78, 5) is 37.4. The summed E-state index contributed by atoms with van der Waals surface area (Å²) in [5.74, 6) is -4.51. The van der Waals surface area contributed by atoms with E-state index in [0.717, 1.165) is 18.1 Å². The van der Waals surface area contributed by atoms with Gasteiger partial charge in [0.2, 0.25) is 0 Å². The van der Waals surface area contributed by atoms with Crippen molar-refractivity contribution in [1.29, 1.82) is 0 Å². The number of sulfonamides is 1. The zero-order chi connectivity index (χ0) is 21.5. The van der Waals surface area contributed by atoms with E-state index >= 15 is 0 Å². The van der Waals surface area contributed by atoms with Gasteiger partial charge < -0.3 is 5.11 Å². The van der Waals surface area contributed by atoms with Gasteiger partial charge in [-0.15, -0.1) is 4.41 Å². The minimum Gasteiger partial charge on any atom is -0.498 e. The predicted molar refractivity (Wildman–Crippen MR) is 100.0 cm³/mol. The van der Waals surface area contributed by atoms with Gasteiger partial charge in [0, 0.05) is 18.6 Å². The number of imide groups is 1. The lowest BCUT2D eigenvalue weighted by Gasteiger charge is -2.27. The second-order valence-corrected chi connectivity index (χ2v) is 8.26. The number of pyridine rings is 1. The average molecular weight is 416 g/mol. The molecule has 0 saturated carbocycles. The Morgan fingerprint density at radius 3 is 2.21 bits per heavy atom. The van der Waals surface area contributed by atoms with Gasteiger partial charge >= 0.3 is 17.5 Å². The second kappa shape index (κ2) is 7.13. The number of amides is 3. The van der Waals surface area contributed by atoms with Crippen LogP contribution >= 0.6 is 0 Å². The van der Waals surface area contributed by atoms with Gasteiger partial charge in [-0.1, -0.05) is 17.7 Å². The Morgan fingerprint density at radius 2 is 1.66 bits per heavy atom. The summed E-state index contributed by atoms with van der Waals surface area (Å²) in [5, 5.41) is 10.4. The second-order valence-electron chi connectivity index (χ2n) is 6.49. The summed E-state index contributed by atoms with van der Waals surface area (Å²) in [6.07, 6.45) is 2.90. The summed E-state index contributed by atoms with van der Waals surface area (Å²) >= 11 is 0. The highest BCUT2D eigenvalue weighted by Gasteiger charge is 2.52. The molecule has 0 bridgehead atoms. The van der Waals surface area contributed by atoms with Gasteiger partial charge in [-0.05, 0) is 32.0 Å². The first kappa shape index (κ1) is 20.2. The number of aliphatic hydroxyl groups excluding tert-OH is 1. The topological polar surface area (TPSA) is 116 Å². The lowest BCUT2D eigenvalue weighted by molar-refractivity contribution is -0.579. The van der Waals surface area contributed by atoms with Crippen LogP contribution in [0.5, 0.6) is 0 Å². The van der Waals surface area contributed by atoms with Gasteiger partial charge in [-0.3, -0.25) is 14.4 Å². The van der Waals surface area contributed by atoms with Crippen LogP contribution in [0.3, 0.4) is 0 Å². The molecule has 0 atom stereocenters. The van der Waals surface area contributed by atoms with Gasteiger partial charge in [-0.25, -0.2) is 0 Å². The van der Waals surface area contributed by atoms with E-state index < -0.39 is 39.2 Å². The van der Waals surface area contributed by atoms with E-state index in [4.69, 9.17) is 0 Å². The highest BCUT2D eigenvalue weighted by Crippen LogP contribution is 2.26. The Bertz CT molecular complexity index is 1170. The number of carbonyl (C=O) groups excluding carboxylic acids is 3. The molecular formula is C19H18N3O6S+. The summed E-state index contributed by atoms with van der Waals surface area (Å²) in [5.41, 5.74) is 1.05. The van der Waals surface area contributed by atoms with E-state index in [1.54, 1.807) is 26.0 Å². The molecule has 1 N–H and O–H groups in total. The van der Waals surface area contributed by atoms with Crippen LogP contribution in [-0.2, 0) is 24.4 Å². The fourth-order valence-electron chi connectivity index (χ4n) is 2.85. The molecule has 0 saturated heterocycles. The number of hydrogen-bond donors (Lipinski definition) is 1. The Morgan fingerprint density at radius 1 is 1.03 bits per heavy atom. The monoisotopic (exact) mass is 416 g/mol. The molecule has 1 aliphatic rings. The molecule has 2 heterocycles. The highest BCUT2D eigenvalue weighted by molar-refractivity contribution is 7.89. The van der Waals surface area contributed by atoms with E-state index in [-0.39, 0.29) is 14.3 Å². The van der Waals surface area contributed by atoms with Gasteiger partial charge in [0.25, 0.3) is 21.7 Å². The Hall–Kier alpha value is -3.53. The number of carbonyl (C=O) groups is 3. The summed E-state index contributed by atoms with van der Waals surface area (Å²) in [7, 11) is -4.58. The lowest BCUT2D eigenvalue weighted by atomic mass is 10.2. The van der Waals surface area contributed by atoms with Crippen LogP contribution in [0.4, 0.5) is 0 Å². The predicted octanol–water partition coefficient (Wildman–Crippen LogP) is 0.839. The molecule has 150 valence electrons. The number of aryl methyl sites for hydroxylation is 2. The van der Waals surface area contributed by atoms with Gasteiger partial charge in [-0.2, -0.15) is 18.0 Å². The van der Waals surface area contributed by atoms with Crippen molar-refractivity contribution >= 4 is 33.4 Å². The van der Waals surface area contributed by atoms with Crippen LogP contribution in [-0.4, -0.2) is 40.7 Å². The molecule has 1 aromatic heterocycles. The number of nitrogens with zero attached hydrogens (tertiary/aromatic N) is 3. The third-order valence-corrected chi connectivity index (χ3v) is 5.96. The normalized spacial score (nSPS) is 14.5. The van der Waals surface area contributed by atoms with Crippen molar-refractivity contribution < 1.29 is 32.5 Å². The maximum atomic E-state index is 13.0. The molecule has 1 aliphatic heterocycles. The van der Waals surface area contributed by atoms with Gasteiger partial charge in [0.1, 0.15) is 0 Å². The number of hydrazine groups is 1. The van der Waals surface area contributed by atoms with Crippen LogP contribution in [0, 0.1) is 13.8 Å². The quantitative estimate of drug-likeness (QED) is 0.583. The smallest absolute Gasteiger partial charge is 0.350 e. The Balaban J connectivity index is 2.10. The number of aromatic nitrogens is 1. The first-order valence-electron chi connectivity index (χ1n) is 8.48. The fourth-order valence-corrected chi connectivity index (χ4v) is 4.23. The van der Waals surface area contributed by atoms with Crippen LogP contribution < -0.4 is 4.57 Å². The SMILES string of the molecule is CC(=O)N(N1C(=O)C(O)=C([n+]2cccc(C)c2)C1=O)S(=O)(=O)c1ccc(C)cc1. The van der Waals surface area contributed by atoms with Crippen LogP contribution in [0.25, 0.3) is 5.70 Å². The minimum atomic E-state index is -4.58. The van der Waals surface area contributed by atoms with Crippen LogP contribution in [0.2, 0.25) is 0 Å². The summed E-state index contributed by atoms with van der Waals surface area (Å²) < 4.78 is 27.3. The molecule has 0 spiro atoms. The molecule has 3 amide bonds. The average Bonchev–Trinajstić information content (AvgIpc) is 2.85. The number of benzene rings is 1. The zero-order valence-corrected chi connectivity index (χ0v) is 16.7. The molecule has 2 aromatic rings. The van der Waals surface area contributed by atoms with E-state index in [9.17, 15) is 27.9 Å². The molecule has 1 aromatic carbocycles. The highest BCUT2D eigenvalue weighted by atomic mass is 32.2. The Labute approximate surface area is 167 Å². The van der Waals surface area contributed by atoms with E-state index in [1.165, 1.54) is 41.2 Å². The van der Waals surface area contributed by atoms with Gasteiger partial charge in [0.05, 0.1) is 4.90 Å². The maximum absolute atomic E-state index is 13.0. The first-order valence-corrected chi connectivity index (χ1v) is 9.92. The third kappa shape index (κ3) is 3.38. The van der Waals surface area contributed by atoms with Crippen molar-refractivity contribution in [2.75, 3.05) is 0 Å². The first-order chi connectivity index (χ1) is 13.6. The number of aliphatic hydroxyl groups is 1. The van der Waals surface area contributed by atoms with Crippen molar-refractivity contribution in [3.63, 3.8) is 0 Å². The van der Waals surface area contributed by atoms with Crippen molar-refractivity contribution in [3.8, 4) is 0 Å². The Kier molecular flexibility index (Phi) is 4.97. The largest absolute Gasteiger partial charge is 0.498 e.